The zero-order valence-electron chi connectivity index (χ0n) is 11.7. The van der Waals surface area contributed by atoms with Crippen LogP contribution in [0.1, 0.15) is 20.8 Å². The van der Waals surface area contributed by atoms with Crippen molar-refractivity contribution in [3.63, 3.8) is 0 Å². The summed E-state index contributed by atoms with van der Waals surface area (Å²) >= 11 is 0. The number of amides is 1. The van der Waals surface area contributed by atoms with Gasteiger partial charge in [-0.3, -0.25) is 4.79 Å². The largest absolute Gasteiger partial charge is 0.481 e. The molecule has 1 aromatic rings. The first-order valence-electron chi connectivity index (χ1n) is 6.16. The average molecular weight is 254 g/mol. The average Bonchev–Trinajstić information content (AvgIpc) is 2.70. The van der Waals surface area contributed by atoms with Crippen molar-refractivity contribution >= 4 is 11.7 Å². The van der Waals surface area contributed by atoms with Crippen molar-refractivity contribution in [2.24, 2.45) is 7.05 Å². The Morgan fingerprint density at radius 1 is 1.56 bits per heavy atom. The van der Waals surface area contributed by atoms with Crippen LogP contribution in [0.2, 0.25) is 0 Å². The van der Waals surface area contributed by atoms with Gasteiger partial charge in [-0.05, 0) is 20.8 Å². The van der Waals surface area contributed by atoms with Gasteiger partial charge in [-0.2, -0.15) is 5.10 Å². The van der Waals surface area contributed by atoms with E-state index in [2.05, 4.69) is 10.4 Å². The molecule has 0 spiro atoms. The molecule has 1 N–H and O–H groups in total. The summed E-state index contributed by atoms with van der Waals surface area (Å²) in [6.07, 6.45) is 0. The van der Waals surface area contributed by atoms with Gasteiger partial charge >= 0.3 is 0 Å². The normalized spacial score (nSPS) is 12.1. The molecule has 0 bridgehead atoms. The van der Waals surface area contributed by atoms with E-state index in [0.717, 1.165) is 0 Å². The van der Waals surface area contributed by atoms with Crippen molar-refractivity contribution in [1.29, 1.82) is 0 Å². The Kier molecular flexibility index (Phi) is 5.00. The monoisotopic (exact) mass is 254 g/mol. The topological polar surface area (TPSA) is 59.4 Å². The Labute approximate surface area is 108 Å². The van der Waals surface area contributed by atoms with Gasteiger partial charge in [0.05, 0.1) is 7.11 Å². The molecule has 0 aliphatic carbocycles. The van der Waals surface area contributed by atoms with Crippen LogP contribution in [0.15, 0.2) is 6.07 Å². The van der Waals surface area contributed by atoms with Crippen LogP contribution in [0, 0.1) is 0 Å². The second kappa shape index (κ2) is 6.28. The van der Waals surface area contributed by atoms with E-state index in [4.69, 9.17) is 4.74 Å². The van der Waals surface area contributed by atoms with Crippen molar-refractivity contribution in [2.75, 3.05) is 25.5 Å². The molecule has 0 aliphatic rings. The van der Waals surface area contributed by atoms with Crippen LogP contribution in [0.4, 0.5) is 5.82 Å². The summed E-state index contributed by atoms with van der Waals surface area (Å²) in [5.74, 6) is 1.37. The number of carbonyl (C=O) groups excluding carboxylic acids is 1. The predicted octanol–water partition coefficient (Wildman–Crippen LogP) is 1.10. The molecule has 6 heteroatoms. The van der Waals surface area contributed by atoms with Crippen LogP contribution < -0.4 is 10.1 Å². The number of rotatable bonds is 6. The first-order valence-corrected chi connectivity index (χ1v) is 6.16. The summed E-state index contributed by atoms with van der Waals surface area (Å²) in [4.78, 5) is 13.9. The summed E-state index contributed by atoms with van der Waals surface area (Å²) in [5, 5.41) is 7.31. The molecule has 1 atom stereocenters. The SMILES string of the molecule is CCN(CC)C(=O)C(C)Nc1cc(OC)n(C)n1. The van der Waals surface area contributed by atoms with E-state index in [1.54, 1.807) is 29.8 Å². The predicted molar refractivity (Wildman–Crippen MR) is 70.8 cm³/mol. The molecule has 0 radical (unpaired) electrons. The number of carbonyl (C=O) groups is 1. The minimum Gasteiger partial charge on any atom is -0.481 e. The fourth-order valence-corrected chi connectivity index (χ4v) is 1.80. The number of methoxy groups -OCH3 is 1. The van der Waals surface area contributed by atoms with Crippen molar-refractivity contribution in [3.8, 4) is 5.88 Å². The smallest absolute Gasteiger partial charge is 0.244 e. The lowest BCUT2D eigenvalue weighted by molar-refractivity contribution is -0.131. The number of ether oxygens (including phenoxy) is 1. The lowest BCUT2D eigenvalue weighted by Crippen LogP contribution is -2.41. The molecule has 1 amide bonds. The molecular formula is C12H22N4O2. The highest BCUT2D eigenvalue weighted by Crippen LogP contribution is 2.16. The van der Waals surface area contributed by atoms with Gasteiger partial charge < -0.3 is 15.0 Å². The fraction of sp³-hybridized carbons (Fsp3) is 0.667. The van der Waals surface area contributed by atoms with E-state index in [1.807, 2.05) is 20.8 Å². The van der Waals surface area contributed by atoms with Gasteiger partial charge in [0.25, 0.3) is 0 Å². The molecule has 0 aromatic carbocycles. The van der Waals surface area contributed by atoms with Gasteiger partial charge in [-0.1, -0.05) is 0 Å². The molecule has 0 aliphatic heterocycles. The summed E-state index contributed by atoms with van der Waals surface area (Å²) in [6, 6.07) is 1.47. The molecule has 0 saturated carbocycles. The number of aryl methyl sites for hydroxylation is 1. The maximum absolute atomic E-state index is 12.1. The van der Waals surface area contributed by atoms with E-state index in [1.165, 1.54) is 0 Å². The molecule has 102 valence electrons. The summed E-state index contributed by atoms with van der Waals surface area (Å²) in [6.45, 7) is 7.21. The zero-order chi connectivity index (χ0) is 13.7. The van der Waals surface area contributed by atoms with E-state index in [0.29, 0.717) is 24.8 Å². The molecule has 1 rings (SSSR count). The molecule has 0 saturated heterocycles. The number of aromatic nitrogens is 2. The molecular weight excluding hydrogens is 232 g/mol. The van der Waals surface area contributed by atoms with Crippen LogP contribution >= 0.6 is 0 Å². The molecule has 1 heterocycles. The van der Waals surface area contributed by atoms with Crippen LogP contribution in [0.5, 0.6) is 5.88 Å². The van der Waals surface area contributed by atoms with Crippen molar-refractivity contribution < 1.29 is 9.53 Å². The van der Waals surface area contributed by atoms with Crippen molar-refractivity contribution in [3.05, 3.63) is 6.07 Å². The van der Waals surface area contributed by atoms with Crippen LogP contribution in [0.25, 0.3) is 0 Å². The molecule has 1 aromatic heterocycles. The lowest BCUT2D eigenvalue weighted by atomic mass is 10.3. The third-order valence-electron chi connectivity index (χ3n) is 2.86. The Morgan fingerprint density at radius 3 is 2.61 bits per heavy atom. The third kappa shape index (κ3) is 3.15. The van der Waals surface area contributed by atoms with Gasteiger partial charge in [-0.25, -0.2) is 4.68 Å². The minimum atomic E-state index is -0.301. The molecule has 18 heavy (non-hydrogen) atoms. The number of hydrogen-bond acceptors (Lipinski definition) is 4. The molecule has 0 fully saturated rings. The molecule has 1 unspecified atom stereocenters. The highest BCUT2D eigenvalue weighted by Gasteiger charge is 2.19. The summed E-state index contributed by atoms with van der Waals surface area (Å²) in [7, 11) is 3.38. The standard InChI is InChI=1S/C12H22N4O2/c1-6-16(7-2)12(17)9(3)13-10-8-11(18-5)15(4)14-10/h8-9H,6-7H2,1-5H3,(H,13,14). The minimum absolute atomic E-state index is 0.0737. The van der Waals surface area contributed by atoms with Crippen molar-refractivity contribution in [1.82, 2.24) is 14.7 Å². The Morgan fingerprint density at radius 2 is 2.17 bits per heavy atom. The number of anilines is 1. The van der Waals surface area contributed by atoms with Gasteiger partial charge in [0.2, 0.25) is 11.8 Å². The Hall–Kier alpha value is -1.72. The first kappa shape index (κ1) is 14.3. The second-order valence-corrected chi connectivity index (χ2v) is 4.07. The fourth-order valence-electron chi connectivity index (χ4n) is 1.80. The highest BCUT2D eigenvalue weighted by atomic mass is 16.5. The van der Waals surface area contributed by atoms with Gasteiger partial charge in [0.15, 0.2) is 5.82 Å². The van der Waals surface area contributed by atoms with Gasteiger partial charge in [0, 0.05) is 26.2 Å². The van der Waals surface area contributed by atoms with Crippen LogP contribution in [-0.2, 0) is 11.8 Å². The summed E-state index contributed by atoms with van der Waals surface area (Å²) in [5.41, 5.74) is 0. The molecule has 6 nitrogen and oxygen atoms in total. The quantitative estimate of drug-likeness (QED) is 0.826. The number of nitrogens with one attached hydrogen (secondary N) is 1. The Balaban J connectivity index is 2.68. The highest BCUT2D eigenvalue weighted by molar-refractivity contribution is 5.84. The van der Waals surface area contributed by atoms with Crippen molar-refractivity contribution in [2.45, 2.75) is 26.8 Å². The first-order chi connectivity index (χ1) is 8.53. The van der Waals surface area contributed by atoms with E-state index >= 15 is 0 Å². The Bertz CT molecular complexity index is 399. The maximum atomic E-state index is 12.1. The second-order valence-electron chi connectivity index (χ2n) is 4.07. The number of nitrogens with zero attached hydrogens (tertiary/aromatic N) is 3. The van der Waals surface area contributed by atoms with Crippen LogP contribution in [-0.4, -0.2) is 46.8 Å². The third-order valence-corrected chi connectivity index (χ3v) is 2.86. The zero-order valence-corrected chi connectivity index (χ0v) is 11.7. The van der Waals surface area contributed by atoms with E-state index in [9.17, 15) is 4.79 Å². The van der Waals surface area contributed by atoms with Crippen LogP contribution in [0.3, 0.4) is 0 Å². The number of hydrogen-bond donors (Lipinski definition) is 1. The van der Waals surface area contributed by atoms with E-state index < -0.39 is 0 Å². The van der Waals surface area contributed by atoms with Gasteiger partial charge in [-0.15, -0.1) is 0 Å². The lowest BCUT2D eigenvalue weighted by Gasteiger charge is -2.23. The van der Waals surface area contributed by atoms with E-state index in [-0.39, 0.29) is 11.9 Å². The van der Waals surface area contributed by atoms with Gasteiger partial charge in [0.1, 0.15) is 6.04 Å². The summed E-state index contributed by atoms with van der Waals surface area (Å²) < 4.78 is 6.74. The maximum Gasteiger partial charge on any atom is 0.244 e. The number of likely N-dealkylation sites (N-methyl/N-ethyl adjacent to an activating group) is 1.